The Kier molecular flexibility index (Phi) is 4.39. The predicted octanol–water partition coefficient (Wildman–Crippen LogP) is 5.00. The molecule has 2 heteroatoms. The number of Topliss-reactive ketones (excluding diaryl/α,β-unsaturated/α-hetero) is 1. The summed E-state index contributed by atoms with van der Waals surface area (Å²) >= 11 is 1.73. The SMILES string of the molecule is CC(C)=C(C(=O)C1CCCCC1)c1ccsc1C. The van der Waals surface area contributed by atoms with Gasteiger partial charge in [-0.1, -0.05) is 24.8 Å². The highest BCUT2D eigenvalue weighted by atomic mass is 32.1. The van der Waals surface area contributed by atoms with Gasteiger partial charge in [0.1, 0.15) is 0 Å². The van der Waals surface area contributed by atoms with E-state index in [9.17, 15) is 4.79 Å². The van der Waals surface area contributed by atoms with E-state index >= 15 is 0 Å². The van der Waals surface area contributed by atoms with Gasteiger partial charge in [0, 0.05) is 16.4 Å². The third kappa shape index (κ3) is 2.74. The van der Waals surface area contributed by atoms with Gasteiger partial charge < -0.3 is 0 Å². The second-order valence-electron chi connectivity index (χ2n) is 5.46. The summed E-state index contributed by atoms with van der Waals surface area (Å²) in [6.45, 7) is 6.23. The maximum absolute atomic E-state index is 12.7. The zero-order valence-corrected chi connectivity index (χ0v) is 12.4. The molecule has 1 aromatic heterocycles. The monoisotopic (exact) mass is 262 g/mol. The molecular weight excluding hydrogens is 240 g/mol. The molecule has 0 aliphatic heterocycles. The van der Waals surface area contributed by atoms with Crippen molar-refractivity contribution in [3.05, 3.63) is 27.5 Å². The van der Waals surface area contributed by atoms with Crippen molar-refractivity contribution in [1.82, 2.24) is 0 Å². The predicted molar refractivity (Wildman–Crippen MR) is 78.9 cm³/mol. The number of hydrogen-bond acceptors (Lipinski definition) is 2. The van der Waals surface area contributed by atoms with Gasteiger partial charge in [-0.3, -0.25) is 4.79 Å². The van der Waals surface area contributed by atoms with Gasteiger partial charge in [-0.2, -0.15) is 0 Å². The molecule has 1 heterocycles. The quantitative estimate of drug-likeness (QED) is 0.701. The zero-order chi connectivity index (χ0) is 13.1. The standard InChI is InChI=1S/C16H22OS/c1-11(2)15(14-9-10-18-12(14)3)16(17)13-7-5-4-6-8-13/h9-10,13H,4-8H2,1-3H3. The molecule has 98 valence electrons. The van der Waals surface area contributed by atoms with Gasteiger partial charge >= 0.3 is 0 Å². The minimum Gasteiger partial charge on any atom is -0.294 e. The number of ketones is 1. The molecule has 1 nitrogen and oxygen atoms in total. The summed E-state index contributed by atoms with van der Waals surface area (Å²) in [5.41, 5.74) is 3.31. The van der Waals surface area contributed by atoms with E-state index in [1.54, 1.807) is 11.3 Å². The molecule has 1 fully saturated rings. The first kappa shape index (κ1) is 13.5. The Morgan fingerprint density at radius 1 is 1.22 bits per heavy atom. The average Bonchev–Trinajstić information content (AvgIpc) is 2.76. The first-order chi connectivity index (χ1) is 8.61. The summed E-state index contributed by atoms with van der Waals surface area (Å²) in [6.07, 6.45) is 5.90. The van der Waals surface area contributed by atoms with Gasteiger partial charge in [0.05, 0.1) is 0 Å². The third-order valence-corrected chi connectivity index (χ3v) is 4.70. The molecule has 2 rings (SSSR count). The van der Waals surface area contributed by atoms with Crippen molar-refractivity contribution < 1.29 is 4.79 Å². The van der Waals surface area contributed by atoms with Crippen molar-refractivity contribution in [2.75, 3.05) is 0 Å². The van der Waals surface area contributed by atoms with Gasteiger partial charge in [0.2, 0.25) is 0 Å². The molecule has 1 aromatic rings. The van der Waals surface area contributed by atoms with E-state index in [0.717, 1.165) is 29.6 Å². The van der Waals surface area contributed by atoms with E-state index < -0.39 is 0 Å². The normalized spacial score (nSPS) is 16.6. The first-order valence-electron chi connectivity index (χ1n) is 6.87. The summed E-state index contributed by atoms with van der Waals surface area (Å²) in [5.74, 6) is 0.652. The molecule has 1 aliphatic rings. The summed E-state index contributed by atoms with van der Waals surface area (Å²) in [5, 5.41) is 2.09. The smallest absolute Gasteiger partial charge is 0.166 e. The van der Waals surface area contributed by atoms with E-state index in [0.29, 0.717) is 5.78 Å². The fourth-order valence-electron chi connectivity index (χ4n) is 2.86. The first-order valence-corrected chi connectivity index (χ1v) is 7.75. The number of hydrogen-bond donors (Lipinski definition) is 0. The van der Waals surface area contributed by atoms with Gasteiger partial charge in [0.15, 0.2) is 5.78 Å². The number of allylic oxidation sites excluding steroid dienone is 2. The zero-order valence-electron chi connectivity index (χ0n) is 11.6. The minimum atomic E-state index is 0.267. The van der Waals surface area contributed by atoms with Crippen LogP contribution >= 0.6 is 11.3 Å². The van der Waals surface area contributed by atoms with Crippen molar-refractivity contribution in [2.45, 2.75) is 52.9 Å². The van der Waals surface area contributed by atoms with Gasteiger partial charge in [-0.05, 0) is 50.6 Å². The fraction of sp³-hybridized carbons (Fsp3) is 0.562. The van der Waals surface area contributed by atoms with Crippen LogP contribution in [0.1, 0.15) is 56.4 Å². The van der Waals surface area contributed by atoms with Crippen molar-refractivity contribution in [2.24, 2.45) is 5.92 Å². The molecule has 0 radical (unpaired) electrons. The summed E-state index contributed by atoms with van der Waals surface area (Å²) in [6, 6.07) is 2.10. The van der Waals surface area contributed by atoms with Crippen LogP contribution in [0.15, 0.2) is 17.0 Å². The van der Waals surface area contributed by atoms with Crippen LogP contribution in [0.25, 0.3) is 5.57 Å². The number of carbonyl (C=O) groups is 1. The van der Waals surface area contributed by atoms with Crippen LogP contribution in [0.2, 0.25) is 0 Å². The Balaban J connectivity index is 2.30. The van der Waals surface area contributed by atoms with Crippen LogP contribution in [-0.4, -0.2) is 5.78 Å². The lowest BCUT2D eigenvalue weighted by molar-refractivity contribution is -0.118. The minimum absolute atomic E-state index is 0.267. The van der Waals surface area contributed by atoms with Gasteiger partial charge in [-0.15, -0.1) is 11.3 Å². The van der Waals surface area contributed by atoms with Crippen molar-refractivity contribution >= 4 is 22.7 Å². The molecule has 0 amide bonds. The van der Waals surface area contributed by atoms with E-state index in [2.05, 4.69) is 32.2 Å². The highest BCUT2D eigenvalue weighted by Crippen LogP contribution is 2.33. The molecule has 0 spiro atoms. The molecule has 0 unspecified atom stereocenters. The number of carbonyl (C=O) groups excluding carboxylic acids is 1. The molecule has 0 saturated heterocycles. The Morgan fingerprint density at radius 2 is 1.89 bits per heavy atom. The van der Waals surface area contributed by atoms with Crippen LogP contribution in [0.5, 0.6) is 0 Å². The van der Waals surface area contributed by atoms with Crippen molar-refractivity contribution in [3.8, 4) is 0 Å². The van der Waals surface area contributed by atoms with E-state index in [1.165, 1.54) is 24.1 Å². The fourth-order valence-corrected chi connectivity index (χ4v) is 3.57. The van der Waals surface area contributed by atoms with Crippen molar-refractivity contribution in [3.63, 3.8) is 0 Å². The molecule has 1 saturated carbocycles. The van der Waals surface area contributed by atoms with Crippen LogP contribution in [0.4, 0.5) is 0 Å². The highest BCUT2D eigenvalue weighted by Gasteiger charge is 2.26. The van der Waals surface area contributed by atoms with Crippen LogP contribution < -0.4 is 0 Å². The second kappa shape index (κ2) is 5.83. The molecule has 0 atom stereocenters. The molecule has 0 aromatic carbocycles. The van der Waals surface area contributed by atoms with Crippen LogP contribution in [0, 0.1) is 12.8 Å². The Labute approximate surface area is 114 Å². The maximum atomic E-state index is 12.7. The van der Waals surface area contributed by atoms with E-state index in [4.69, 9.17) is 0 Å². The van der Waals surface area contributed by atoms with Crippen LogP contribution in [-0.2, 0) is 4.79 Å². The maximum Gasteiger partial charge on any atom is 0.166 e. The number of aryl methyl sites for hydroxylation is 1. The third-order valence-electron chi connectivity index (χ3n) is 3.85. The summed E-state index contributed by atoms with van der Waals surface area (Å²) in [7, 11) is 0. The summed E-state index contributed by atoms with van der Waals surface area (Å²) < 4.78 is 0. The average molecular weight is 262 g/mol. The van der Waals surface area contributed by atoms with Crippen molar-refractivity contribution in [1.29, 1.82) is 0 Å². The molecular formula is C16H22OS. The molecule has 0 N–H and O–H groups in total. The molecule has 18 heavy (non-hydrogen) atoms. The Hall–Kier alpha value is -0.890. The topological polar surface area (TPSA) is 17.1 Å². The van der Waals surface area contributed by atoms with Gasteiger partial charge in [-0.25, -0.2) is 0 Å². The second-order valence-corrected chi connectivity index (χ2v) is 6.58. The van der Waals surface area contributed by atoms with Gasteiger partial charge in [0.25, 0.3) is 0 Å². The molecule has 1 aliphatic carbocycles. The lowest BCUT2D eigenvalue weighted by atomic mass is 9.81. The largest absolute Gasteiger partial charge is 0.294 e. The molecule has 0 bridgehead atoms. The number of thiophene rings is 1. The van der Waals surface area contributed by atoms with E-state index in [-0.39, 0.29) is 5.92 Å². The lowest BCUT2D eigenvalue weighted by Crippen LogP contribution is -2.19. The Bertz CT molecular complexity index is 457. The summed E-state index contributed by atoms with van der Waals surface area (Å²) in [4.78, 5) is 14.0. The Morgan fingerprint density at radius 3 is 2.39 bits per heavy atom. The highest BCUT2D eigenvalue weighted by molar-refractivity contribution is 7.10. The van der Waals surface area contributed by atoms with Crippen LogP contribution in [0.3, 0.4) is 0 Å². The lowest BCUT2D eigenvalue weighted by Gasteiger charge is -2.22. The number of rotatable bonds is 3. The van der Waals surface area contributed by atoms with E-state index in [1.807, 2.05) is 0 Å².